The van der Waals surface area contributed by atoms with Gasteiger partial charge in [0.2, 0.25) is 0 Å². The molecule has 1 aromatic heterocycles. The van der Waals surface area contributed by atoms with Crippen LogP contribution in [0.15, 0.2) is 39.5 Å². The van der Waals surface area contributed by atoms with Gasteiger partial charge in [-0.3, -0.25) is 4.79 Å². The number of anilines is 1. The smallest absolute Gasteiger partial charge is 0.258 e. The van der Waals surface area contributed by atoms with Crippen LogP contribution in [0.5, 0.6) is 0 Å². The number of carbonyl (C=O) groups is 1. The molecule has 4 heteroatoms. The molecule has 88 valence electrons. The lowest BCUT2D eigenvalue weighted by Crippen LogP contribution is -2.25. The largest absolute Gasteiger partial charge is 0.311 e. The molecule has 0 bridgehead atoms. The maximum atomic E-state index is 12.2. The van der Waals surface area contributed by atoms with Crippen LogP contribution in [-0.4, -0.2) is 13.0 Å². The molecule has 0 aliphatic heterocycles. The highest BCUT2D eigenvalue weighted by atomic mass is 79.9. The number of halogens is 1. The molecule has 1 heterocycles. The number of hydrogen-bond donors (Lipinski definition) is 0. The van der Waals surface area contributed by atoms with E-state index in [1.807, 2.05) is 42.6 Å². The van der Waals surface area contributed by atoms with Crippen LogP contribution in [0.25, 0.3) is 0 Å². The Morgan fingerprint density at radius 2 is 1.94 bits per heavy atom. The number of aryl methyl sites for hydroxylation is 1. The van der Waals surface area contributed by atoms with Crippen LogP contribution in [0.1, 0.15) is 15.9 Å². The van der Waals surface area contributed by atoms with Crippen molar-refractivity contribution in [3.63, 3.8) is 0 Å². The first-order chi connectivity index (χ1) is 8.08. The molecule has 2 aromatic rings. The number of hydrogen-bond acceptors (Lipinski definition) is 2. The normalized spacial score (nSPS) is 10.3. The maximum Gasteiger partial charge on any atom is 0.258 e. The predicted octanol–water partition coefficient (Wildman–Crippen LogP) is 4.10. The summed E-state index contributed by atoms with van der Waals surface area (Å²) in [5.74, 6) is 0.0100. The molecular formula is C13H12BrNOS. The Hall–Kier alpha value is -1.13. The quantitative estimate of drug-likeness (QED) is 0.818. The third-order valence-corrected chi connectivity index (χ3v) is 4.04. The first-order valence-corrected chi connectivity index (χ1v) is 6.84. The Bertz CT molecular complexity index is 533. The van der Waals surface area contributed by atoms with Crippen LogP contribution >= 0.6 is 27.3 Å². The average molecular weight is 310 g/mol. The molecule has 0 saturated carbocycles. The van der Waals surface area contributed by atoms with Crippen molar-refractivity contribution in [2.45, 2.75) is 6.92 Å². The molecule has 0 atom stereocenters. The minimum atomic E-state index is 0.0100. The van der Waals surface area contributed by atoms with Crippen molar-refractivity contribution in [2.75, 3.05) is 11.9 Å². The van der Waals surface area contributed by atoms with E-state index in [1.165, 1.54) is 16.9 Å². The molecule has 0 unspecified atom stereocenters. The van der Waals surface area contributed by atoms with Crippen molar-refractivity contribution in [1.29, 1.82) is 0 Å². The Balaban J connectivity index is 2.23. The van der Waals surface area contributed by atoms with Crippen LogP contribution in [0, 0.1) is 6.92 Å². The topological polar surface area (TPSA) is 20.3 Å². The highest BCUT2D eigenvalue weighted by Crippen LogP contribution is 2.23. The summed E-state index contributed by atoms with van der Waals surface area (Å²) in [6.07, 6.45) is 0. The summed E-state index contributed by atoms with van der Waals surface area (Å²) < 4.78 is 0.971. The molecule has 0 aliphatic rings. The Labute approximate surface area is 113 Å². The van der Waals surface area contributed by atoms with Crippen LogP contribution in [0.2, 0.25) is 0 Å². The number of rotatable bonds is 2. The number of benzene rings is 1. The maximum absolute atomic E-state index is 12.2. The summed E-state index contributed by atoms with van der Waals surface area (Å²) in [5, 5.41) is 1.86. The summed E-state index contributed by atoms with van der Waals surface area (Å²) in [4.78, 5) is 13.8. The van der Waals surface area contributed by atoms with Crippen LogP contribution in [0.3, 0.4) is 0 Å². The van der Waals surface area contributed by atoms with Gasteiger partial charge in [-0.15, -0.1) is 11.3 Å². The molecular weight excluding hydrogens is 298 g/mol. The van der Waals surface area contributed by atoms with Gasteiger partial charge in [-0.25, -0.2) is 0 Å². The van der Waals surface area contributed by atoms with Crippen molar-refractivity contribution in [3.05, 3.63) is 50.6 Å². The van der Waals surface area contributed by atoms with Gasteiger partial charge >= 0.3 is 0 Å². The fourth-order valence-corrected chi connectivity index (χ4v) is 2.63. The highest BCUT2D eigenvalue weighted by molar-refractivity contribution is 9.11. The fraction of sp³-hybridized carbons (Fsp3) is 0.154. The zero-order chi connectivity index (χ0) is 12.4. The monoisotopic (exact) mass is 309 g/mol. The Morgan fingerprint density at radius 1 is 1.29 bits per heavy atom. The lowest BCUT2D eigenvalue weighted by molar-refractivity contribution is 0.0993. The van der Waals surface area contributed by atoms with Crippen molar-refractivity contribution < 1.29 is 4.79 Å². The summed E-state index contributed by atoms with van der Waals surface area (Å²) in [7, 11) is 1.79. The van der Waals surface area contributed by atoms with E-state index < -0.39 is 0 Å². The second-order valence-electron chi connectivity index (χ2n) is 3.84. The molecule has 1 amide bonds. The second kappa shape index (κ2) is 5.02. The van der Waals surface area contributed by atoms with Gasteiger partial charge in [-0.1, -0.05) is 17.7 Å². The van der Waals surface area contributed by atoms with E-state index >= 15 is 0 Å². The van der Waals surface area contributed by atoms with Gasteiger partial charge in [0, 0.05) is 18.1 Å². The molecule has 0 saturated heterocycles. The summed E-state index contributed by atoms with van der Waals surface area (Å²) in [6, 6.07) is 9.76. The molecule has 0 aliphatic carbocycles. The number of carbonyl (C=O) groups excluding carboxylic acids is 1. The Kier molecular flexibility index (Phi) is 3.64. The van der Waals surface area contributed by atoms with Crippen molar-refractivity contribution in [2.24, 2.45) is 0 Å². The SMILES string of the molecule is Cc1ccc(N(C)C(=O)c2csc(Br)c2)cc1. The van der Waals surface area contributed by atoms with E-state index in [9.17, 15) is 4.79 Å². The fourth-order valence-electron chi connectivity index (χ4n) is 1.50. The van der Waals surface area contributed by atoms with E-state index in [4.69, 9.17) is 0 Å². The van der Waals surface area contributed by atoms with E-state index in [2.05, 4.69) is 15.9 Å². The zero-order valence-electron chi connectivity index (χ0n) is 9.61. The minimum Gasteiger partial charge on any atom is -0.311 e. The Morgan fingerprint density at radius 3 is 2.47 bits per heavy atom. The van der Waals surface area contributed by atoms with Crippen molar-refractivity contribution in [3.8, 4) is 0 Å². The minimum absolute atomic E-state index is 0.0100. The molecule has 0 radical (unpaired) electrons. The third kappa shape index (κ3) is 2.76. The van der Waals surface area contributed by atoms with Crippen LogP contribution in [0.4, 0.5) is 5.69 Å². The van der Waals surface area contributed by atoms with Gasteiger partial charge in [-0.05, 0) is 41.1 Å². The van der Waals surface area contributed by atoms with Gasteiger partial charge in [-0.2, -0.15) is 0 Å². The summed E-state index contributed by atoms with van der Waals surface area (Å²) in [6.45, 7) is 2.03. The molecule has 2 nitrogen and oxygen atoms in total. The van der Waals surface area contributed by atoms with E-state index in [1.54, 1.807) is 11.9 Å². The second-order valence-corrected chi connectivity index (χ2v) is 6.13. The average Bonchev–Trinajstić information content (AvgIpc) is 2.75. The van der Waals surface area contributed by atoms with E-state index in [0.717, 1.165) is 9.47 Å². The first kappa shape index (κ1) is 12.3. The van der Waals surface area contributed by atoms with Gasteiger partial charge in [0.15, 0.2) is 0 Å². The highest BCUT2D eigenvalue weighted by Gasteiger charge is 2.14. The number of nitrogens with zero attached hydrogens (tertiary/aromatic N) is 1. The van der Waals surface area contributed by atoms with Crippen LogP contribution < -0.4 is 4.90 Å². The van der Waals surface area contributed by atoms with Gasteiger partial charge in [0.25, 0.3) is 5.91 Å². The van der Waals surface area contributed by atoms with Gasteiger partial charge < -0.3 is 4.90 Å². The zero-order valence-corrected chi connectivity index (χ0v) is 12.0. The molecule has 0 spiro atoms. The lowest BCUT2D eigenvalue weighted by atomic mass is 10.2. The summed E-state index contributed by atoms with van der Waals surface area (Å²) in [5.41, 5.74) is 2.81. The number of amides is 1. The summed E-state index contributed by atoms with van der Waals surface area (Å²) >= 11 is 4.88. The molecule has 17 heavy (non-hydrogen) atoms. The van der Waals surface area contributed by atoms with Gasteiger partial charge in [0.1, 0.15) is 0 Å². The molecule has 2 rings (SSSR count). The van der Waals surface area contributed by atoms with Gasteiger partial charge in [0.05, 0.1) is 9.35 Å². The van der Waals surface area contributed by atoms with E-state index in [0.29, 0.717) is 5.56 Å². The predicted molar refractivity (Wildman–Crippen MR) is 75.9 cm³/mol. The lowest BCUT2D eigenvalue weighted by Gasteiger charge is -2.16. The molecule has 0 fully saturated rings. The third-order valence-electron chi connectivity index (χ3n) is 2.54. The van der Waals surface area contributed by atoms with E-state index in [-0.39, 0.29) is 5.91 Å². The standard InChI is InChI=1S/C13H12BrNOS/c1-9-3-5-11(6-4-9)15(2)13(16)10-7-12(14)17-8-10/h3-8H,1-2H3. The molecule has 0 N–H and O–H groups in total. The van der Waals surface area contributed by atoms with Crippen LogP contribution in [-0.2, 0) is 0 Å². The number of thiophene rings is 1. The first-order valence-electron chi connectivity index (χ1n) is 5.16. The van der Waals surface area contributed by atoms with Crippen molar-refractivity contribution >= 4 is 38.9 Å². The van der Waals surface area contributed by atoms with Crippen molar-refractivity contribution in [1.82, 2.24) is 0 Å². The molecule has 1 aromatic carbocycles.